The Balaban J connectivity index is 2.48. The van der Waals surface area contributed by atoms with Crippen LogP contribution in [0.15, 0.2) is 52.3 Å². The van der Waals surface area contributed by atoms with Crippen LogP contribution in [-0.2, 0) is 9.84 Å². The predicted octanol–water partition coefficient (Wildman–Crippen LogP) is 1.82. The largest absolute Gasteiger partial charge is 0.506 e. The standard InChI is InChI=1S/C13H13NO4S/c1-18-9-2-4-10(5-3-9)19(16,17)11-6-7-12(14)13(15)8-11/h2-8,15H,14H2,1H3. The first kappa shape index (κ1) is 13.2. The van der Waals surface area contributed by atoms with E-state index < -0.39 is 9.84 Å². The number of aromatic hydroxyl groups is 1. The van der Waals surface area contributed by atoms with E-state index in [1.807, 2.05) is 0 Å². The van der Waals surface area contributed by atoms with E-state index in [0.29, 0.717) is 5.75 Å². The van der Waals surface area contributed by atoms with Crippen LogP contribution in [0.3, 0.4) is 0 Å². The second-order valence-corrected chi connectivity index (χ2v) is 5.85. The van der Waals surface area contributed by atoms with Gasteiger partial charge in [0.2, 0.25) is 9.84 Å². The van der Waals surface area contributed by atoms with Crippen LogP contribution in [-0.4, -0.2) is 20.6 Å². The van der Waals surface area contributed by atoms with Gasteiger partial charge in [0.05, 0.1) is 22.6 Å². The number of nitrogen functional groups attached to an aromatic ring is 1. The highest BCUT2D eigenvalue weighted by molar-refractivity contribution is 7.91. The number of hydrogen-bond donors (Lipinski definition) is 2. The van der Waals surface area contributed by atoms with Gasteiger partial charge in [-0.3, -0.25) is 0 Å². The topological polar surface area (TPSA) is 89.6 Å². The lowest BCUT2D eigenvalue weighted by atomic mass is 10.3. The quantitative estimate of drug-likeness (QED) is 0.660. The van der Waals surface area contributed by atoms with Crippen LogP contribution in [0.2, 0.25) is 0 Å². The first-order chi connectivity index (χ1) is 8.95. The molecule has 6 heteroatoms. The van der Waals surface area contributed by atoms with Gasteiger partial charge in [0.15, 0.2) is 0 Å². The molecule has 19 heavy (non-hydrogen) atoms. The fourth-order valence-corrected chi connectivity index (χ4v) is 2.86. The Kier molecular flexibility index (Phi) is 3.35. The molecule has 0 saturated carbocycles. The van der Waals surface area contributed by atoms with Crippen LogP contribution in [0, 0.1) is 0 Å². The number of ether oxygens (including phenoxy) is 1. The highest BCUT2D eigenvalue weighted by atomic mass is 32.2. The zero-order valence-corrected chi connectivity index (χ0v) is 11.0. The van der Waals surface area contributed by atoms with Crippen LogP contribution in [0.5, 0.6) is 11.5 Å². The van der Waals surface area contributed by atoms with Gasteiger partial charge in [-0.1, -0.05) is 0 Å². The van der Waals surface area contributed by atoms with Gasteiger partial charge in [0.1, 0.15) is 11.5 Å². The van der Waals surface area contributed by atoms with Gasteiger partial charge in [0, 0.05) is 6.07 Å². The number of hydrogen-bond acceptors (Lipinski definition) is 5. The molecular weight excluding hydrogens is 266 g/mol. The molecule has 0 bridgehead atoms. The summed E-state index contributed by atoms with van der Waals surface area (Å²) in [5, 5.41) is 9.48. The molecule has 2 aromatic rings. The van der Waals surface area contributed by atoms with Crippen molar-refractivity contribution in [3.8, 4) is 11.5 Å². The Bertz CT molecular complexity index is 693. The number of rotatable bonds is 3. The van der Waals surface area contributed by atoms with E-state index in [9.17, 15) is 13.5 Å². The number of anilines is 1. The van der Waals surface area contributed by atoms with E-state index in [-0.39, 0.29) is 21.2 Å². The fourth-order valence-electron chi connectivity index (χ4n) is 1.58. The molecule has 2 rings (SSSR count). The van der Waals surface area contributed by atoms with Crippen molar-refractivity contribution in [2.24, 2.45) is 0 Å². The monoisotopic (exact) mass is 279 g/mol. The molecule has 0 heterocycles. The summed E-state index contributed by atoms with van der Waals surface area (Å²) < 4.78 is 29.6. The minimum Gasteiger partial charge on any atom is -0.506 e. The van der Waals surface area contributed by atoms with Crippen LogP contribution in [0.25, 0.3) is 0 Å². The number of methoxy groups -OCH3 is 1. The molecule has 3 N–H and O–H groups in total. The number of phenols is 1. The van der Waals surface area contributed by atoms with Crippen molar-refractivity contribution in [1.29, 1.82) is 0 Å². The number of phenolic OH excluding ortho intramolecular Hbond substituents is 1. The number of nitrogens with two attached hydrogens (primary N) is 1. The molecule has 0 radical (unpaired) electrons. The molecular formula is C13H13NO4S. The van der Waals surface area contributed by atoms with E-state index in [2.05, 4.69) is 0 Å². The molecule has 2 aromatic carbocycles. The summed E-state index contributed by atoms with van der Waals surface area (Å²) in [5.41, 5.74) is 5.58. The smallest absolute Gasteiger partial charge is 0.206 e. The molecule has 0 aliphatic carbocycles. The lowest BCUT2D eigenvalue weighted by Crippen LogP contribution is -2.02. The second kappa shape index (κ2) is 4.81. The summed E-state index contributed by atoms with van der Waals surface area (Å²) in [6, 6.07) is 9.85. The maximum Gasteiger partial charge on any atom is 0.206 e. The molecule has 0 unspecified atom stereocenters. The SMILES string of the molecule is COc1ccc(S(=O)(=O)c2ccc(N)c(O)c2)cc1. The van der Waals surface area contributed by atoms with Gasteiger partial charge >= 0.3 is 0 Å². The molecule has 0 spiro atoms. The van der Waals surface area contributed by atoms with Crippen molar-refractivity contribution >= 4 is 15.5 Å². The first-order valence-corrected chi connectivity index (χ1v) is 6.91. The van der Waals surface area contributed by atoms with Crippen LogP contribution >= 0.6 is 0 Å². The van der Waals surface area contributed by atoms with E-state index in [1.165, 1.54) is 31.4 Å². The van der Waals surface area contributed by atoms with Crippen LogP contribution in [0.4, 0.5) is 5.69 Å². The predicted molar refractivity (Wildman–Crippen MR) is 71.0 cm³/mol. The van der Waals surface area contributed by atoms with Crippen molar-refractivity contribution in [3.63, 3.8) is 0 Å². The molecule has 5 nitrogen and oxygen atoms in total. The minimum absolute atomic E-state index is 0.00985. The Morgan fingerprint density at radius 1 is 1.05 bits per heavy atom. The zero-order valence-electron chi connectivity index (χ0n) is 10.2. The average Bonchev–Trinajstić information content (AvgIpc) is 2.41. The van der Waals surface area contributed by atoms with E-state index in [0.717, 1.165) is 6.07 Å². The summed E-state index contributed by atoms with van der Waals surface area (Å²) in [6.07, 6.45) is 0. The summed E-state index contributed by atoms with van der Waals surface area (Å²) in [5.74, 6) is 0.314. The normalized spacial score (nSPS) is 11.2. The Hall–Kier alpha value is -2.21. The molecule has 0 fully saturated rings. The van der Waals surface area contributed by atoms with Crippen molar-refractivity contribution in [3.05, 3.63) is 42.5 Å². The third kappa shape index (κ3) is 2.48. The molecule has 0 saturated heterocycles. The molecule has 0 aliphatic heterocycles. The Morgan fingerprint density at radius 2 is 1.63 bits per heavy atom. The van der Waals surface area contributed by atoms with Crippen molar-refractivity contribution in [2.45, 2.75) is 9.79 Å². The van der Waals surface area contributed by atoms with Gasteiger partial charge in [-0.05, 0) is 36.4 Å². The lowest BCUT2D eigenvalue weighted by Gasteiger charge is -2.07. The van der Waals surface area contributed by atoms with Crippen molar-refractivity contribution < 1.29 is 18.3 Å². The minimum atomic E-state index is -3.67. The summed E-state index contributed by atoms with van der Waals surface area (Å²) in [6.45, 7) is 0. The molecule has 0 aromatic heterocycles. The zero-order chi connectivity index (χ0) is 14.0. The summed E-state index contributed by atoms with van der Waals surface area (Å²) >= 11 is 0. The van der Waals surface area contributed by atoms with Crippen molar-refractivity contribution in [2.75, 3.05) is 12.8 Å². The van der Waals surface area contributed by atoms with Gasteiger partial charge in [-0.15, -0.1) is 0 Å². The maximum absolute atomic E-state index is 12.3. The lowest BCUT2D eigenvalue weighted by molar-refractivity contribution is 0.414. The van der Waals surface area contributed by atoms with E-state index in [4.69, 9.17) is 10.5 Å². The Labute approximate surface area is 111 Å². The number of benzene rings is 2. The van der Waals surface area contributed by atoms with Gasteiger partial charge in [-0.2, -0.15) is 0 Å². The van der Waals surface area contributed by atoms with Gasteiger partial charge in [-0.25, -0.2) is 8.42 Å². The average molecular weight is 279 g/mol. The number of sulfone groups is 1. The third-order valence-electron chi connectivity index (χ3n) is 2.68. The van der Waals surface area contributed by atoms with Crippen LogP contribution in [0.1, 0.15) is 0 Å². The maximum atomic E-state index is 12.3. The fraction of sp³-hybridized carbons (Fsp3) is 0.0769. The Morgan fingerprint density at radius 3 is 2.16 bits per heavy atom. The van der Waals surface area contributed by atoms with Crippen LogP contribution < -0.4 is 10.5 Å². The summed E-state index contributed by atoms with van der Waals surface area (Å²) in [7, 11) is -2.17. The van der Waals surface area contributed by atoms with E-state index in [1.54, 1.807) is 12.1 Å². The van der Waals surface area contributed by atoms with Gasteiger partial charge in [0.25, 0.3) is 0 Å². The first-order valence-electron chi connectivity index (χ1n) is 5.43. The molecule has 100 valence electrons. The third-order valence-corrected chi connectivity index (χ3v) is 4.45. The summed E-state index contributed by atoms with van der Waals surface area (Å²) in [4.78, 5) is 0.113. The highest BCUT2D eigenvalue weighted by Gasteiger charge is 2.18. The van der Waals surface area contributed by atoms with E-state index >= 15 is 0 Å². The second-order valence-electron chi connectivity index (χ2n) is 3.90. The van der Waals surface area contributed by atoms with Crippen molar-refractivity contribution in [1.82, 2.24) is 0 Å². The molecule has 0 aliphatic rings. The highest BCUT2D eigenvalue weighted by Crippen LogP contribution is 2.28. The molecule has 0 amide bonds. The van der Waals surface area contributed by atoms with Gasteiger partial charge < -0.3 is 15.6 Å². The molecule has 0 atom stereocenters.